The highest BCUT2D eigenvalue weighted by atomic mass is 79.9. The van der Waals surface area contributed by atoms with Gasteiger partial charge in [0.15, 0.2) is 6.10 Å². The van der Waals surface area contributed by atoms with E-state index in [-0.39, 0.29) is 4.90 Å². The number of aryl methyl sites for hydroxylation is 1. The number of hydrogen-bond acceptors (Lipinski definition) is 4. The SMILES string of the molecule is Cc1sc(Br)cc1S(=O)(=O)NCC(O)C(F)(F)F. The van der Waals surface area contributed by atoms with E-state index in [1.165, 1.54) is 13.0 Å². The fourth-order valence-electron chi connectivity index (χ4n) is 1.08. The third-order valence-electron chi connectivity index (χ3n) is 1.98. The molecule has 1 atom stereocenters. The Bertz CT molecular complexity index is 526. The normalized spacial score (nSPS) is 14.8. The molecule has 1 aromatic heterocycles. The summed E-state index contributed by atoms with van der Waals surface area (Å²) in [6.45, 7) is 0.420. The predicted molar refractivity (Wildman–Crippen MR) is 64.0 cm³/mol. The molecule has 0 fully saturated rings. The summed E-state index contributed by atoms with van der Waals surface area (Å²) >= 11 is 4.23. The van der Waals surface area contributed by atoms with Crippen molar-refractivity contribution in [3.8, 4) is 0 Å². The van der Waals surface area contributed by atoms with Gasteiger partial charge >= 0.3 is 6.18 Å². The van der Waals surface area contributed by atoms with E-state index in [9.17, 15) is 21.6 Å². The highest BCUT2D eigenvalue weighted by Gasteiger charge is 2.38. The maximum atomic E-state index is 12.0. The van der Waals surface area contributed by atoms with Gasteiger partial charge in [-0.15, -0.1) is 11.3 Å². The summed E-state index contributed by atoms with van der Waals surface area (Å²) in [5.41, 5.74) is 0. The Balaban J connectivity index is 2.81. The first-order valence-electron chi connectivity index (χ1n) is 4.54. The average molecular weight is 368 g/mol. The van der Waals surface area contributed by atoms with Crippen molar-refractivity contribution in [3.05, 3.63) is 14.7 Å². The van der Waals surface area contributed by atoms with Gasteiger partial charge in [0.1, 0.15) is 0 Å². The topological polar surface area (TPSA) is 66.4 Å². The molecule has 4 nitrogen and oxygen atoms in total. The molecule has 0 radical (unpaired) electrons. The number of sulfonamides is 1. The number of aliphatic hydroxyl groups is 1. The lowest BCUT2D eigenvalue weighted by Crippen LogP contribution is -2.40. The number of nitrogens with one attached hydrogen (secondary N) is 1. The van der Waals surface area contributed by atoms with Gasteiger partial charge < -0.3 is 5.11 Å². The Morgan fingerprint density at radius 2 is 2.11 bits per heavy atom. The Kier molecular flexibility index (Phi) is 4.81. The van der Waals surface area contributed by atoms with E-state index in [4.69, 9.17) is 5.11 Å². The van der Waals surface area contributed by atoms with Crippen LogP contribution in [0.25, 0.3) is 0 Å². The molecule has 0 aliphatic carbocycles. The van der Waals surface area contributed by atoms with E-state index in [1.54, 1.807) is 4.72 Å². The molecule has 10 heteroatoms. The van der Waals surface area contributed by atoms with Crippen molar-refractivity contribution in [2.75, 3.05) is 6.54 Å². The number of halogens is 4. The lowest BCUT2D eigenvalue weighted by atomic mass is 10.4. The smallest absolute Gasteiger partial charge is 0.382 e. The van der Waals surface area contributed by atoms with Gasteiger partial charge in [0.05, 0.1) is 8.68 Å². The Morgan fingerprint density at radius 1 is 1.56 bits per heavy atom. The van der Waals surface area contributed by atoms with Crippen LogP contribution in [0, 0.1) is 6.92 Å². The highest BCUT2D eigenvalue weighted by Crippen LogP contribution is 2.29. The second-order valence-corrected chi connectivity index (χ2v) is 7.75. The van der Waals surface area contributed by atoms with Gasteiger partial charge in [-0.05, 0) is 28.9 Å². The molecule has 0 aliphatic heterocycles. The van der Waals surface area contributed by atoms with E-state index >= 15 is 0 Å². The number of thiophene rings is 1. The zero-order valence-corrected chi connectivity index (χ0v) is 12.2. The molecule has 1 unspecified atom stereocenters. The zero-order valence-electron chi connectivity index (χ0n) is 8.95. The molecule has 0 bridgehead atoms. The van der Waals surface area contributed by atoms with Gasteiger partial charge in [-0.25, -0.2) is 13.1 Å². The minimum Gasteiger partial charge on any atom is -0.382 e. The summed E-state index contributed by atoms with van der Waals surface area (Å²) in [6, 6.07) is 1.29. The molecule has 1 rings (SSSR count). The second kappa shape index (κ2) is 5.45. The molecular weight excluding hydrogens is 359 g/mol. The van der Waals surface area contributed by atoms with E-state index in [1.807, 2.05) is 0 Å². The quantitative estimate of drug-likeness (QED) is 0.855. The van der Waals surface area contributed by atoms with Crippen molar-refractivity contribution < 1.29 is 26.7 Å². The van der Waals surface area contributed by atoms with Crippen molar-refractivity contribution in [1.29, 1.82) is 0 Å². The van der Waals surface area contributed by atoms with Gasteiger partial charge in [0.25, 0.3) is 0 Å². The highest BCUT2D eigenvalue weighted by molar-refractivity contribution is 9.11. The molecule has 1 aromatic rings. The average Bonchev–Trinajstić information content (AvgIpc) is 2.53. The van der Waals surface area contributed by atoms with Crippen LogP contribution in [-0.2, 0) is 10.0 Å². The summed E-state index contributed by atoms with van der Waals surface area (Å²) in [7, 11) is -4.06. The zero-order chi connectivity index (χ0) is 14.1. The fraction of sp³-hybridized carbons (Fsp3) is 0.500. The predicted octanol–water partition coefficient (Wildman–Crippen LogP) is 2.02. The molecular formula is C8H9BrF3NO3S2. The maximum absolute atomic E-state index is 12.0. The second-order valence-electron chi connectivity index (χ2n) is 3.38. The molecule has 2 N–H and O–H groups in total. The molecule has 18 heavy (non-hydrogen) atoms. The van der Waals surface area contributed by atoms with Crippen LogP contribution in [0.2, 0.25) is 0 Å². The third-order valence-corrected chi connectivity index (χ3v) is 5.21. The van der Waals surface area contributed by atoms with Crippen LogP contribution in [0.1, 0.15) is 4.88 Å². The summed E-state index contributed by atoms with van der Waals surface area (Å²) in [6.07, 6.45) is -7.58. The van der Waals surface area contributed by atoms with Crippen LogP contribution < -0.4 is 4.72 Å². The molecule has 104 valence electrons. The van der Waals surface area contributed by atoms with E-state index in [0.29, 0.717) is 8.66 Å². The number of alkyl halides is 3. The van der Waals surface area contributed by atoms with Crippen molar-refractivity contribution in [2.45, 2.75) is 24.1 Å². The standard InChI is InChI=1S/C8H9BrF3NO3S2/c1-4-5(2-7(9)17-4)18(15,16)13-3-6(14)8(10,11)12/h2,6,13-14H,3H2,1H3. The lowest BCUT2D eigenvalue weighted by Gasteiger charge is -2.15. The number of rotatable bonds is 4. The molecule has 0 saturated carbocycles. The van der Waals surface area contributed by atoms with Crippen molar-refractivity contribution in [3.63, 3.8) is 0 Å². The van der Waals surface area contributed by atoms with E-state index < -0.39 is 28.8 Å². The van der Waals surface area contributed by atoms with Gasteiger partial charge in [-0.3, -0.25) is 0 Å². The Hall–Kier alpha value is -0.160. The van der Waals surface area contributed by atoms with Gasteiger partial charge in [0.2, 0.25) is 10.0 Å². The largest absolute Gasteiger partial charge is 0.415 e. The van der Waals surface area contributed by atoms with Crippen LogP contribution in [-0.4, -0.2) is 32.3 Å². The number of hydrogen-bond donors (Lipinski definition) is 2. The molecule has 0 saturated heterocycles. The molecule has 0 aromatic carbocycles. The molecule has 1 heterocycles. The Labute approximate surface area is 114 Å². The van der Waals surface area contributed by atoms with Gasteiger partial charge in [0, 0.05) is 11.4 Å². The van der Waals surface area contributed by atoms with E-state index in [0.717, 1.165) is 11.3 Å². The number of aliphatic hydroxyl groups excluding tert-OH is 1. The van der Waals surface area contributed by atoms with Crippen molar-refractivity contribution in [2.24, 2.45) is 0 Å². The lowest BCUT2D eigenvalue weighted by molar-refractivity contribution is -0.200. The molecule has 0 aliphatic rings. The molecule has 0 amide bonds. The first-order chi connectivity index (χ1) is 8.04. The van der Waals surface area contributed by atoms with Crippen LogP contribution in [0.3, 0.4) is 0 Å². The van der Waals surface area contributed by atoms with Crippen LogP contribution in [0.5, 0.6) is 0 Å². The summed E-state index contributed by atoms with van der Waals surface area (Å²) < 4.78 is 61.7. The maximum Gasteiger partial charge on any atom is 0.415 e. The van der Waals surface area contributed by atoms with Crippen molar-refractivity contribution in [1.82, 2.24) is 4.72 Å². The van der Waals surface area contributed by atoms with Crippen LogP contribution in [0.4, 0.5) is 13.2 Å². The van der Waals surface area contributed by atoms with Crippen molar-refractivity contribution >= 4 is 37.3 Å². The first kappa shape index (κ1) is 15.9. The van der Waals surface area contributed by atoms with E-state index in [2.05, 4.69) is 15.9 Å². The fourth-order valence-corrected chi connectivity index (χ4v) is 4.53. The minimum atomic E-state index is -4.85. The van der Waals surface area contributed by atoms with Crippen LogP contribution >= 0.6 is 27.3 Å². The molecule has 0 spiro atoms. The van der Waals surface area contributed by atoms with Gasteiger partial charge in [-0.1, -0.05) is 0 Å². The minimum absolute atomic E-state index is 0.103. The summed E-state index contributed by atoms with van der Waals surface area (Å²) in [5.74, 6) is 0. The van der Waals surface area contributed by atoms with Gasteiger partial charge in [-0.2, -0.15) is 13.2 Å². The summed E-state index contributed by atoms with van der Waals surface area (Å²) in [5, 5.41) is 8.71. The van der Waals surface area contributed by atoms with Crippen LogP contribution in [0.15, 0.2) is 14.7 Å². The first-order valence-corrected chi connectivity index (χ1v) is 7.63. The third kappa shape index (κ3) is 3.92. The summed E-state index contributed by atoms with van der Waals surface area (Å²) in [4.78, 5) is 0.338. The Morgan fingerprint density at radius 3 is 2.50 bits per heavy atom. The monoisotopic (exact) mass is 367 g/mol.